The summed E-state index contributed by atoms with van der Waals surface area (Å²) in [7, 11) is 0. The predicted octanol–water partition coefficient (Wildman–Crippen LogP) is 2.42. The highest BCUT2D eigenvalue weighted by Gasteiger charge is 2.17. The van der Waals surface area contributed by atoms with E-state index in [1.54, 1.807) is 0 Å². The van der Waals surface area contributed by atoms with Gasteiger partial charge in [0.25, 0.3) is 0 Å². The van der Waals surface area contributed by atoms with Gasteiger partial charge in [-0.2, -0.15) is 0 Å². The summed E-state index contributed by atoms with van der Waals surface area (Å²) in [6, 6.07) is 7.53. The van der Waals surface area contributed by atoms with E-state index in [9.17, 15) is 5.11 Å². The molecule has 1 fully saturated rings. The van der Waals surface area contributed by atoms with Crippen LogP contribution < -0.4 is 5.73 Å². The maximum absolute atomic E-state index is 10.1. The van der Waals surface area contributed by atoms with Gasteiger partial charge >= 0.3 is 0 Å². The number of likely N-dealkylation sites (tertiary alicyclic amines) is 1. The molecule has 1 aliphatic heterocycles. The van der Waals surface area contributed by atoms with E-state index in [1.165, 1.54) is 25.9 Å². The van der Waals surface area contributed by atoms with Crippen molar-refractivity contribution in [1.29, 1.82) is 0 Å². The first kappa shape index (κ1) is 13.4. The molecule has 1 aromatic carbocycles. The second-order valence-corrected chi connectivity index (χ2v) is 5.52. The van der Waals surface area contributed by atoms with Crippen LogP contribution in [0.2, 0.25) is 0 Å². The maximum Gasteiger partial charge on any atom is 0.0802 e. The number of hydrogen-bond donors (Lipinski definition) is 2. The third kappa shape index (κ3) is 3.72. The van der Waals surface area contributed by atoms with Crippen molar-refractivity contribution in [3.05, 3.63) is 29.8 Å². The van der Waals surface area contributed by atoms with Gasteiger partial charge < -0.3 is 15.7 Å². The molecule has 100 valence electrons. The molecule has 1 heterocycles. The summed E-state index contributed by atoms with van der Waals surface area (Å²) in [5.41, 5.74) is 7.36. The van der Waals surface area contributed by atoms with E-state index in [0.717, 1.165) is 30.1 Å². The van der Waals surface area contributed by atoms with Gasteiger partial charge in [0, 0.05) is 18.8 Å². The van der Waals surface area contributed by atoms with Crippen LogP contribution in [-0.2, 0) is 0 Å². The molecule has 0 aliphatic carbocycles. The number of aliphatic hydroxyl groups excluding tert-OH is 1. The summed E-state index contributed by atoms with van der Waals surface area (Å²) in [5.74, 6) is 0.799. The zero-order chi connectivity index (χ0) is 13.0. The fourth-order valence-electron chi connectivity index (χ4n) is 2.68. The Labute approximate surface area is 110 Å². The summed E-state index contributed by atoms with van der Waals surface area (Å²) < 4.78 is 0. The molecular weight excluding hydrogens is 224 g/mol. The minimum Gasteiger partial charge on any atom is -0.399 e. The molecule has 2 rings (SSSR count). The van der Waals surface area contributed by atoms with Gasteiger partial charge in [0.2, 0.25) is 0 Å². The van der Waals surface area contributed by atoms with Crippen molar-refractivity contribution in [1.82, 2.24) is 4.90 Å². The summed E-state index contributed by atoms with van der Waals surface area (Å²) >= 11 is 0. The second-order valence-electron chi connectivity index (χ2n) is 5.52. The van der Waals surface area contributed by atoms with Gasteiger partial charge in [0.1, 0.15) is 0 Å². The molecule has 0 amide bonds. The van der Waals surface area contributed by atoms with Gasteiger partial charge in [-0.3, -0.25) is 0 Å². The van der Waals surface area contributed by atoms with Gasteiger partial charge in [-0.1, -0.05) is 19.1 Å². The molecular formula is C15H24N2O. The van der Waals surface area contributed by atoms with Gasteiger partial charge in [-0.15, -0.1) is 0 Å². The minimum absolute atomic E-state index is 0.372. The summed E-state index contributed by atoms with van der Waals surface area (Å²) in [4.78, 5) is 2.47. The first-order valence-corrected chi connectivity index (χ1v) is 6.91. The Morgan fingerprint density at radius 3 is 2.78 bits per heavy atom. The van der Waals surface area contributed by atoms with Crippen LogP contribution in [0.4, 0.5) is 5.69 Å². The number of piperidine rings is 1. The van der Waals surface area contributed by atoms with E-state index in [1.807, 2.05) is 24.3 Å². The number of aliphatic hydroxyl groups is 1. The van der Waals surface area contributed by atoms with Crippen molar-refractivity contribution in [2.24, 2.45) is 5.92 Å². The third-order valence-electron chi connectivity index (χ3n) is 3.78. The van der Waals surface area contributed by atoms with Crippen LogP contribution in [0.1, 0.15) is 37.9 Å². The SMILES string of the molecule is CC1CCCN(CCC(O)c2ccc(N)cc2)C1. The Balaban J connectivity index is 1.80. The fraction of sp³-hybridized carbons (Fsp3) is 0.600. The van der Waals surface area contributed by atoms with Crippen molar-refractivity contribution in [3.63, 3.8) is 0 Å². The van der Waals surface area contributed by atoms with E-state index in [2.05, 4.69) is 11.8 Å². The molecule has 1 aliphatic rings. The second kappa shape index (κ2) is 6.21. The molecule has 0 spiro atoms. The molecule has 0 saturated carbocycles. The van der Waals surface area contributed by atoms with Crippen LogP contribution in [-0.4, -0.2) is 29.6 Å². The highest BCUT2D eigenvalue weighted by molar-refractivity contribution is 5.39. The molecule has 3 heteroatoms. The summed E-state index contributed by atoms with van der Waals surface area (Å²) in [5, 5.41) is 10.1. The smallest absolute Gasteiger partial charge is 0.0802 e. The van der Waals surface area contributed by atoms with E-state index in [-0.39, 0.29) is 6.10 Å². The quantitative estimate of drug-likeness (QED) is 0.805. The molecule has 2 unspecified atom stereocenters. The minimum atomic E-state index is -0.372. The normalized spacial score (nSPS) is 22.9. The predicted molar refractivity (Wildman–Crippen MR) is 75.3 cm³/mol. The van der Waals surface area contributed by atoms with Crippen LogP contribution in [0, 0.1) is 5.92 Å². The van der Waals surface area contributed by atoms with Crippen molar-refractivity contribution < 1.29 is 5.11 Å². The van der Waals surface area contributed by atoms with E-state index >= 15 is 0 Å². The Morgan fingerprint density at radius 1 is 1.39 bits per heavy atom. The lowest BCUT2D eigenvalue weighted by atomic mass is 9.99. The number of rotatable bonds is 4. The lowest BCUT2D eigenvalue weighted by Crippen LogP contribution is -2.35. The monoisotopic (exact) mass is 248 g/mol. The van der Waals surface area contributed by atoms with Crippen molar-refractivity contribution >= 4 is 5.69 Å². The molecule has 0 bridgehead atoms. The van der Waals surface area contributed by atoms with E-state index in [4.69, 9.17) is 5.73 Å². The zero-order valence-electron chi connectivity index (χ0n) is 11.2. The molecule has 18 heavy (non-hydrogen) atoms. The molecule has 0 radical (unpaired) electrons. The van der Waals surface area contributed by atoms with Crippen LogP contribution in [0.3, 0.4) is 0 Å². The number of hydrogen-bond acceptors (Lipinski definition) is 3. The maximum atomic E-state index is 10.1. The van der Waals surface area contributed by atoms with Gasteiger partial charge in [-0.05, 0) is 49.4 Å². The number of nitrogen functional groups attached to an aromatic ring is 1. The highest BCUT2D eigenvalue weighted by Crippen LogP contribution is 2.20. The average Bonchev–Trinajstić information content (AvgIpc) is 2.37. The summed E-state index contributed by atoms with van der Waals surface area (Å²) in [6.45, 7) is 5.64. The Bertz CT molecular complexity index is 363. The van der Waals surface area contributed by atoms with E-state index in [0.29, 0.717) is 0 Å². The first-order valence-electron chi connectivity index (χ1n) is 6.91. The number of anilines is 1. The van der Waals surface area contributed by atoms with Gasteiger partial charge in [0.05, 0.1) is 6.10 Å². The van der Waals surface area contributed by atoms with Crippen LogP contribution in [0.5, 0.6) is 0 Å². The first-order chi connectivity index (χ1) is 8.65. The molecule has 0 aromatic heterocycles. The van der Waals surface area contributed by atoms with Crippen LogP contribution >= 0.6 is 0 Å². The number of nitrogens with zero attached hydrogens (tertiary/aromatic N) is 1. The molecule has 3 nitrogen and oxygen atoms in total. The topological polar surface area (TPSA) is 49.5 Å². The number of benzene rings is 1. The third-order valence-corrected chi connectivity index (χ3v) is 3.78. The van der Waals surface area contributed by atoms with Gasteiger partial charge in [0.15, 0.2) is 0 Å². The zero-order valence-corrected chi connectivity index (χ0v) is 11.2. The average molecular weight is 248 g/mol. The van der Waals surface area contributed by atoms with Gasteiger partial charge in [-0.25, -0.2) is 0 Å². The fourth-order valence-corrected chi connectivity index (χ4v) is 2.68. The van der Waals surface area contributed by atoms with Crippen LogP contribution in [0.15, 0.2) is 24.3 Å². The lowest BCUT2D eigenvalue weighted by molar-refractivity contribution is 0.122. The van der Waals surface area contributed by atoms with E-state index < -0.39 is 0 Å². The molecule has 2 atom stereocenters. The Hall–Kier alpha value is -1.06. The standard InChI is InChI=1S/C15H24N2O/c1-12-3-2-9-17(11-12)10-8-15(18)13-4-6-14(16)7-5-13/h4-7,12,15,18H,2-3,8-11,16H2,1H3. The molecule has 1 aromatic rings. The Kier molecular flexibility index (Phi) is 4.61. The van der Waals surface area contributed by atoms with Crippen molar-refractivity contribution in [2.75, 3.05) is 25.4 Å². The lowest BCUT2D eigenvalue weighted by Gasteiger charge is -2.31. The Morgan fingerprint density at radius 2 is 2.11 bits per heavy atom. The highest BCUT2D eigenvalue weighted by atomic mass is 16.3. The van der Waals surface area contributed by atoms with Crippen molar-refractivity contribution in [3.8, 4) is 0 Å². The van der Waals surface area contributed by atoms with Crippen molar-refractivity contribution in [2.45, 2.75) is 32.3 Å². The van der Waals surface area contributed by atoms with Crippen LogP contribution in [0.25, 0.3) is 0 Å². The molecule has 1 saturated heterocycles. The number of nitrogens with two attached hydrogens (primary N) is 1. The summed E-state index contributed by atoms with van der Waals surface area (Å²) in [6.07, 6.45) is 3.06. The largest absolute Gasteiger partial charge is 0.399 e. The molecule has 3 N–H and O–H groups in total.